The third-order valence-corrected chi connectivity index (χ3v) is 9.63. The van der Waals surface area contributed by atoms with E-state index >= 15 is 0 Å². The van der Waals surface area contributed by atoms with Crippen LogP contribution < -0.4 is 4.90 Å². The van der Waals surface area contributed by atoms with Gasteiger partial charge in [0.05, 0.1) is 11.1 Å². The van der Waals surface area contributed by atoms with Crippen LogP contribution >= 0.6 is 0 Å². The molecule has 2 nitrogen and oxygen atoms in total. The highest BCUT2D eigenvalue weighted by Gasteiger charge is 2.31. The molecule has 3 aliphatic carbocycles. The lowest BCUT2D eigenvalue weighted by Crippen LogP contribution is -2.17. The van der Waals surface area contributed by atoms with Gasteiger partial charge in [0.2, 0.25) is 0 Å². The van der Waals surface area contributed by atoms with Gasteiger partial charge in [0, 0.05) is 16.8 Å². The molecule has 0 amide bonds. The molecule has 6 aromatic carbocycles. The van der Waals surface area contributed by atoms with Crippen LogP contribution in [0.3, 0.4) is 0 Å². The molecule has 44 heavy (non-hydrogen) atoms. The average molecular weight is 562 g/mol. The van der Waals surface area contributed by atoms with Crippen LogP contribution in [0, 0.1) is 0 Å². The number of benzene rings is 6. The Morgan fingerprint density at radius 3 is 1.95 bits per heavy atom. The SMILES string of the molecule is C1=CCCC(N(c2ccc3c(c2)-c2c4cccc2-c2cccc-3c2-c2ccccc2-4)c2cccc3oc4ccccc4c23)=C1. The first kappa shape index (κ1) is 23.9. The van der Waals surface area contributed by atoms with E-state index in [2.05, 4.69) is 138 Å². The molecule has 6 bridgehead atoms. The van der Waals surface area contributed by atoms with Gasteiger partial charge in [0.1, 0.15) is 11.2 Å². The molecule has 3 aliphatic rings. The molecule has 10 rings (SSSR count). The molecule has 0 saturated carbocycles. The van der Waals surface area contributed by atoms with Crippen LogP contribution in [0.2, 0.25) is 0 Å². The molecule has 0 aliphatic heterocycles. The molecule has 0 saturated heterocycles. The molecule has 1 aromatic heterocycles. The van der Waals surface area contributed by atoms with Gasteiger partial charge >= 0.3 is 0 Å². The summed E-state index contributed by atoms with van der Waals surface area (Å²) in [6.07, 6.45) is 8.72. The molecule has 0 spiro atoms. The summed E-state index contributed by atoms with van der Waals surface area (Å²) in [6, 6.07) is 44.5. The molecule has 2 heteroatoms. The van der Waals surface area contributed by atoms with E-state index in [9.17, 15) is 0 Å². The number of rotatable bonds is 3. The van der Waals surface area contributed by atoms with Crippen molar-refractivity contribution in [2.75, 3.05) is 4.90 Å². The number of para-hydroxylation sites is 1. The summed E-state index contributed by atoms with van der Waals surface area (Å²) in [5.41, 5.74) is 18.5. The molecule has 206 valence electrons. The summed E-state index contributed by atoms with van der Waals surface area (Å²) in [6.45, 7) is 0. The van der Waals surface area contributed by atoms with E-state index in [1.54, 1.807) is 0 Å². The summed E-state index contributed by atoms with van der Waals surface area (Å²) in [4.78, 5) is 2.47. The van der Waals surface area contributed by atoms with Crippen molar-refractivity contribution in [3.63, 3.8) is 0 Å². The predicted octanol–water partition coefficient (Wildman–Crippen LogP) is 11.9. The second kappa shape index (κ2) is 8.95. The van der Waals surface area contributed by atoms with E-state index in [0.717, 1.165) is 46.2 Å². The average Bonchev–Trinajstić information content (AvgIpc) is 3.42. The zero-order valence-corrected chi connectivity index (χ0v) is 24.0. The molecule has 0 atom stereocenters. The van der Waals surface area contributed by atoms with Crippen LogP contribution in [0.1, 0.15) is 12.8 Å². The number of hydrogen-bond donors (Lipinski definition) is 0. The molecular formula is C42H27NO. The van der Waals surface area contributed by atoms with Gasteiger partial charge in [-0.15, -0.1) is 0 Å². The van der Waals surface area contributed by atoms with Gasteiger partial charge in [-0.25, -0.2) is 0 Å². The lowest BCUT2D eigenvalue weighted by Gasteiger charge is -2.30. The minimum atomic E-state index is 0.912. The van der Waals surface area contributed by atoms with Crippen molar-refractivity contribution in [1.29, 1.82) is 0 Å². The Labute approximate surface area is 255 Å². The maximum atomic E-state index is 6.36. The van der Waals surface area contributed by atoms with Crippen molar-refractivity contribution in [2.45, 2.75) is 12.8 Å². The van der Waals surface area contributed by atoms with Crippen molar-refractivity contribution in [3.05, 3.63) is 145 Å². The van der Waals surface area contributed by atoms with Crippen LogP contribution in [-0.4, -0.2) is 0 Å². The summed E-state index contributed by atoms with van der Waals surface area (Å²) < 4.78 is 6.36. The molecular weight excluding hydrogens is 534 g/mol. The minimum Gasteiger partial charge on any atom is -0.456 e. The fourth-order valence-corrected chi connectivity index (χ4v) is 7.81. The summed E-state index contributed by atoms with van der Waals surface area (Å²) >= 11 is 0. The van der Waals surface area contributed by atoms with Crippen molar-refractivity contribution in [1.82, 2.24) is 0 Å². The number of anilines is 2. The van der Waals surface area contributed by atoms with Crippen LogP contribution in [-0.2, 0) is 0 Å². The Morgan fingerprint density at radius 1 is 0.523 bits per heavy atom. The van der Waals surface area contributed by atoms with Crippen molar-refractivity contribution < 1.29 is 4.42 Å². The van der Waals surface area contributed by atoms with Crippen LogP contribution in [0.4, 0.5) is 11.4 Å². The topological polar surface area (TPSA) is 16.4 Å². The number of furan rings is 1. The zero-order chi connectivity index (χ0) is 28.8. The molecule has 0 unspecified atom stereocenters. The first-order valence-electron chi connectivity index (χ1n) is 15.4. The van der Waals surface area contributed by atoms with Crippen LogP contribution in [0.5, 0.6) is 0 Å². The van der Waals surface area contributed by atoms with Crippen molar-refractivity contribution in [2.24, 2.45) is 0 Å². The Bertz CT molecular complexity index is 2380. The highest BCUT2D eigenvalue weighted by molar-refractivity contribution is 6.16. The third kappa shape index (κ3) is 3.20. The molecule has 0 N–H and O–H groups in total. The molecule has 0 fully saturated rings. The van der Waals surface area contributed by atoms with Gasteiger partial charge in [-0.05, 0) is 105 Å². The van der Waals surface area contributed by atoms with E-state index in [0.29, 0.717) is 0 Å². The highest BCUT2D eigenvalue weighted by Crippen LogP contribution is 2.57. The maximum Gasteiger partial charge on any atom is 0.137 e. The Morgan fingerprint density at radius 2 is 1.16 bits per heavy atom. The van der Waals surface area contributed by atoms with Gasteiger partial charge in [-0.2, -0.15) is 0 Å². The number of nitrogens with zero attached hydrogens (tertiary/aromatic N) is 1. The predicted molar refractivity (Wildman–Crippen MR) is 183 cm³/mol. The van der Waals surface area contributed by atoms with E-state index in [1.807, 2.05) is 6.07 Å². The number of fused-ring (bicyclic) bond motifs is 7. The lowest BCUT2D eigenvalue weighted by atomic mass is 9.83. The van der Waals surface area contributed by atoms with Gasteiger partial charge in [0.25, 0.3) is 0 Å². The van der Waals surface area contributed by atoms with Gasteiger partial charge < -0.3 is 9.32 Å². The van der Waals surface area contributed by atoms with Crippen molar-refractivity contribution >= 4 is 33.3 Å². The van der Waals surface area contributed by atoms with Crippen molar-refractivity contribution in [3.8, 4) is 55.6 Å². The van der Waals surface area contributed by atoms with Gasteiger partial charge in [0.15, 0.2) is 0 Å². The smallest absolute Gasteiger partial charge is 0.137 e. The van der Waals surface area contributed by atoms with E-state index in [4.69, 9.17) is 4.42 Å². The number of hydrogen-bond acceptors (Lipinski definition) is 2. The standard InChI is InChI=1S/C42H27NO/c1-2-11-26(12-3-1)43(37-20-10-22-39-42(37)35-15-6-7-21-38(35)44-39)27-23-24-29-32-17-9-18-33-34-19-8-16-31(41(34)36(29)25-27)28-13-4-5-14-30(28)40(32)33/h1-2,4-11,13-25H,3,12H2. The third-order valence-electron chi connectivity index (χ3n) is 9.63. The maximum absolute atomic E-state index is 6.36. The normalized spacial score (nSPS) is 13.8. The second-order valence-corrected chi connectivity index (χ2v) is 11.9. The zero-order valence-electron chi connectivity index (χ0n) is 24.0. The Kier molecular flexibility index (Phi) is 4.86. The summed E-state index contributed by atoms with van der Waals surface area (Å²) in [7, 11) is 0. The first-order valence-corrected chi connectivity index (χ1v) is 15.4. The summed E-state index contributed by atoms with van der Waals surface area (Å²) in [5, 5.41) is 2.29. The molecule has 0 radical (unpaired) electrons. The molecule has 7 aromatic rings. The highest BCUT2D eigenvalue weighted by atomic mass is 16.3. The van der Waals surface area contributed by atoms with Crippen LogP contribution in [0.15, 0.2) is 150 Å². The van der Waals surface area contributed by atoms with E-state index in [-0.39, 0.29) is 0 Å². The van der Waals surface area contributed by atoms with Crippen LogP contribution in [0.25, 0.3) is 77.6 Å². The Balaban J connectivity index is 1.29. The fourth-order valence-electron chi connectivity index (χ4n) is 7.81. The monoisotopic (exact) mass is 561 g/mol. The quantitative estimate of drug-likeness (QED) is 0.213. The number of allylic oxidation sites excluding steroid dienone is 4. The van der Waals surface area contributed by atoms with Gasteiger partial charge in [-0.1, -0.05) is 103 Å². The first-order chi connectivity index (χ1) is 21.8. The Hall–Kier alpha value is -5.60. The minimum absolute atomic E-state index is 0.912. The van der Waals surface area contributed by atoms with Gasteiger partial charge in [-0.3, -0.25) is 0 Å². The fraction of sp³-hybridized carbons (Fsp3) is 0.0476. The lowest BCUT2D eigenvalue weighted by molar-refractivity contribution is 0.669. The summed E-state index contributed by atoms with van der Waals surface area (Å²) in [5.74, 6) is 0. The van der Waals surface area contributed by atoms with E-state index < -0.39 is 0 Å². The van der Waals surface area contributed by atoms with E-state index in [1.165, 1.54) is 61.3 Å². The largest absolute Gasteiger partial charge is 0.456 e. The second-order valence-electron chi connectivity index (χ2n) is 11.9. The molecule has 1 heterocycles.